The molecule has 1 N–H and O–H groups in total. The van der Waals surface area contributed by atoms with Crippen molar-refractivity contribution in [2.24, 2.45) is 5.92 Å². The van der Waals surface area contributed by atoms with Crippen LogP contribution in [-0.4, -0.2) is 24.6 Å². The van der Waals surface area contributed by atoms with E-state index in [0.29, 0.717) is 6.04 Å². The Morgan fingerprint density at radius 3 is 2.67 bits per heavy atom. The fourth-order valence-electron chi connectivity index (χ4n) is 2.22. The summed E-state index contributed by atoms with van der Waals surface area (Å²) in [6.45, 7) is 10.9. The summed E-state index contributed by atoms with van der Waals surface area (Å²) in [5.74, 6) is 0.719. The Balaban J connectivity index is 2.80. The van der Waals surface area contributed by atoms with Crippen molar-refractivity contribution in [1.82, 2.24) is 10.3 Å². The molecule has 1 aromatic rings. The molecule has 3 heteroatoms. The first-order valence-corrected chi connectivity index (χ1v) is 6.92. The summed E-state index contributed by atoms with van der Waals surface area (Å²) in [5.41, 5.74) is 2.57. The number of hydrogen-bond acceptors (Lipinski definition) is 3. The number of rotatable bonds is 7. The van der Waals surface area contributed by atoms with Crippen molar-refractivity contribution >= 4 is 5.69 Å². The summed E-state index contributed by atoms with van der Waals surface area (Å²) in [7, 11) is 2.17. The lowest BCUT2D eigenvalue weighted by Gasteiger charge is -2.29. The summed E-state index contributed by atoms with van der Waals surface area (Å²) in [4.78, 5) is 6.61. The standard InChI is InChI=1S/C15H27N3/c1-6-16-10-14-7-8-17-11-15(14)18(5)13(4)9-12(2)3/h7-8,11-13,16H,6,9-10H2,1-5H3. The van der Waals surface area contributed by atoms with Crippen LogP contribution in [-0.2, 0) is 6.54 Å². The second kappa shape index (κ2) is 7.37. The zero-order valence-electron chi connectivity index (χ0n) is 12.4. The highest BCUT2D eigenvalue weighted by atomic mass is 15.1. The Morgan fingerprint density at radius 2 is 2.06 bits per heavy atom. The molecule has 1 rings (SSSR count). The van der Waals surface area contributed by atoms with Gasteiger partial charge in [0.15, 0.2) is 0 Å². The molecule has 0 aliphatic heterocycles. The van der Waals surface area contributed by atoms with Gasteiger partial charge in [0.2, 0.25) is 0 Å². The van der Waals surface area contributed by atoms with Gasteiger partial charge in [-0.1, -0.05) is 20.8 Å². The first-order chi connectivity index (χ1) is 8.56. The highest BCUT2D eigenvalue weighted by molar-refractivity contribution is 5.51. The van der Waals surface area contributed by atoms with Crippen molar-refractivity contribution < 1.29 is 0 Å². The number of aromatic nitrogens is 1. The van der Waals surface area contributed by atoms with E-state index in [2.05, 4.69) is 56.0 Å². The maximum atomic E-state index is 4.27. The van der Waals surface area contributed by atoms with Crippen molar-refractivity contribution in [3.63, 3.8) is 0 Å². The van der Waals surface area contributed by atoms with Crippen molar-refractivity contribution in [3.05, 3.63) is 24.0 Å². The average molecular weight is 249 g/mol. The van der Waals surface area contributed by atoms with Crippen LogP contribution in [0.3, 0.4) is 0 Å². The predicted molar refractivity (Wildman–Crippen MR) is 78.9 cm³/mol. The van der Waals surface area contributed by atoms with Gasteiger partial charge in [-0.3, -0.25) is 4.98 Å². The quantitative estimate of drug-likeness (QED) is 0.805. The molecule has 0 aromatic carbocycles. The minimum absolute atomic E-state index is 0.537. The van der Waals surface area contributed by atoms with E-state index in [4.69, 9.17) is 0 Å². The molecule has 0 radical (unpaired) electrons. The van der Waals surface area contributed by atoms with Crippen LogP contribution in [0.15, 0.2) is 18.5 Å². The van der Waals surface area contributed by atoms with Crippen LogP contribution in [0.4, 0.5) is 5.69 Å². The first-order valence-electron chi connectivity index (χ1n) is 6.92. The van der Waals surface area contributed by atoms with Crippen molar-refractivity contribution in [3.8, 4) is 0 Å². The summed E-state index contributed by atoms with van der Waals surface area (Å²) in [6.07, 6.45) is 5.05. The van der Waals surface area contributed by atoms with Crippen molar-refractivity contribution in [2.45, 2.75) is 46.7 Å². The Bertz CT molecular complexity index is 349. The van der Waals surface area contributed by atoms with Gasteiger partial charge in [0, 0.05) is 25.8 Å². The van der Waals surface area contributed by atoms with Crippen molar-refractivity contribution in [2.75, 3.05) is 18.5 Å². The summed E-state index contributed by atoms with van der Waals surface area (Å²) < 4.78 is 0. The summed E-state index contributed by atoms with van der Waals surface area (Å²) in [6, 6.07) is 2.64. The maximum absolute atomic E-state index is 4.27. The average Bonchev–Trinajstić information content (AvgIpc) is 2.35. The first kappa shape index (κ1) is 15.0. The molecule has 0 aliphatic rings. The predicted octanol–water partition coefficient (Wildman–Crippen LogP) is 3.06. The fourth-order valence-corrected chi connectivity index (χ4v) is 2.22. The third kappa shape index (κ3) is 4.30. The van der Waals surface area contributed by atoms with E-state index < -0.39 is 0 Å². The normalized spacial score (nSPS) is 12.8. The van der Waals surface area contributed by atoms with Gasteiger partial charge in [-0.05, 0) is 37.4 Å². The van der Waals surface area contributed by atoms with Gasteiger partial charge in [-0.15, -0.1) is 0 Å². The van der Waals surface area contributed by atoms with E-state index in [9.17, 15) is 0 Å². The van der Waals surface area contributed by atoms with Crippen LogP contribution < -0.4 is 10.2 Å². The Kier molecular flexibility index (Phi) is 6.13. The Labute approximate surface area is 112 Å². The molecule has 0 amide bonds. The molecule has 0 saturated heterocycles. The van der Waals surface area contributed by atoms with E-state index in [1.54, 1.807) is 0 Å². The van der Waals surface area contributed by atoms with Gasteiger partial charge < -0.3 is 10.2 Å². The Hall–Kier alpha value is -1.09. The molecule has 0 saturated carbocycles. The van der Waals surface area contributed by atoms with Crippen LogP contribution in [0.5, 0.6) is 0 Å². The minimum Gasteiger partial charge on any atom is -0.370 e. The van der Waals surface area contributed by atoms with Crippen LogP contribution in [0.25, 0.3) is 0 Å². The van der Waals surface area contributed by atoms with E-state index in [0.717, 1.165) is 19.0 Å². The molecule has 1 aromatic heterocycles. The molecule has 0 bridgehead atoms. The molecule has 1 atom stereocenters. The van der Waals surface area contributed by atoms with Gasteiger partial charge in [0.25, 0.3) is 0 Å². The van der Waals surface area contributed by atoms with Gasteiger partial charge in [-0.2, -0.15) is 0 Å². The largest absolute Gasteiger partial charge is 0.370 e. The molecule has 1 unspecified atom stereocenters. The molecule has 18 heavy (non-hydrogen) atoms. The highest BCUT2D eigenvalue weighted by Crippen LogP contribution is 2.22. The van der Waals surface area contributed by atoms with E-state index >= 15 is 0 Å². The zero-order chi connectivity index (χ0) is 13.5. The molecule has 102 valence electrons. The third-order valence-corrected chi connectivity index (χ3v) is 3.31. The topological polar surface area (TPSA) is 28.2 Å². The lowest BCUT2D eigenvalue weighted by atomic mass is 10.0. The second-order valence-corrected chi connectivity index (χ2v) is 5.37. The van der Waals surface area contributed by atoms with Crippen LogP contribution in [0.2, 0.25) is 0 Å². The van der Waals surface area contributed by atoms with Gasteiger partial charge >= 0.3 is 0 Å². The van der Waals surface area contributed by atoms with Crippen molar-refractivity contribution in [1.29, 1.82) is 0 Å². The van der Waals surface area contributed by atoms with Crippen LogP contribution in [0, 0.1) is 5.92 Å². The third-order valence-electron chi connectivity index (χ3n) is 3.31. The fraction of sp³-hybridized carbons (Fsp3) is 0.667. The monoisotopic (exact) mass is 249 g/mol. The molecular weight excluding hydrogens is 222 g/mol. The lowest BCUT2D eigenvalue weighted by Crippen LogP contribution is -2.31. The molecule has 0 aliphatic carbocycles. The lowest BCUT2D eigenvalue weighted by molar-refractivity contribution is 0.503. The van der Waals surface area contributed by atoms with E-state index in [1.807, 2.05) is 12.4 Å². The number of nitrogens with zero attached hydrogens (tertiary/aromatic N) is 2. The van der Waals surface area contributed by atoms with E-state index in [-0.39, 0.29) is 0 Å². The molecule has 3 nitrogen and oxygen atoms in total. The highest BCUT2D eigenvalue weighted by Gasteiger charge is 2.14. The van der Waals surface area contributed by atoms with E-state index in [1.165, 1.54) is 17.7 Å². The molecule has 0 fully saturated rings. The number of pyridine rings is 1. The maximum Gasteiger partial charge on any atom is 0.0598 e. The van der Waals surface area contributed by atoms with Gasteiger partial charge in [0.1, 0.15) is 0 Å². The summed E-state index contributed by atoms with van der Waals surface area (Å²) >= 11 is 0. The van der Waals surface area contributed by atoms with Gasteiger partial charge in [-0.25, -0.2) is 0 Å². The Morgan fingerprint density at radius 1 is 1.33 bits per heavy atom. The molecule has 0 spiro atoms. The van der Waals surface area contributed by atoms with Crippen LogP contribution >= 0.6 is 0 Å². The minimum atomic E-state index is 0.537. The molecular formula is C15H27N3. The zero-order valence-corrected chi connectivity index (χ0v) is 12.4. The molecule has 1 heterocycles. The number of nitrogens with one attached hydrogen (secondary N) is 1. The smallest absolute Gasteiger partial charge is 0.0598 e. The SMILES string of the molecule is CCNCc1ccncc1N(C)C(C)CC(C)C. The number of hydrogen-bond donors (Lipinski definition) is 1. The second-order valence-electron chi connectivity index (χ2n) is 5.37. The van der Waals surface area contributed by atoms with Gasteiger partial charge in [0.05, 0.1) is 11.9 Å². The number of anilines is 1. The summed E-state index contributed by atoms with van der Waals surface area (Å²) in [5, 5.41) is 3.39. The van der Waals surface area contributed by atoms with Crippen LogP contribution in [0.1, 0.15) is 39.7 Å².